The van der Waals surface area contributed by atoms with Crippen LogP contribution in [-0.4, -0.2) is 55.8 Å². The van der Waals surface area contributed by atoms with E-state index in [1.807, 2.05) is 24.6 Å². The Labute approximate surface area is 128 Å². The van der Waals surface area contributed by atoms with Crippen LogP contribution in [0, 0.1) is 13.8 Å². The molecule has 1 amide bonds. The summed E-state index contributed by atoms with van der Waals surface area (Å²) in [5.74, 6) is 0.757. The lowest BCUT2D eigenvalue weighted by atomic mass is 10.2. The Kier molecular flexibility index (Phi) is 5.27. The first-order chi connectivity index (χ1) is 9.97. The van der Waals surface area contributed by atoms with Crippen molar-refractivity contribution >= 4 is 23.6 Å². The van der Waals surface area contributed by atoms with Gasteiger partial charge in [0.2, 0.25) is 5.91 Å². The number of aryl methyl sites for hydroxylation is 3. The van der Waals surface area contributed by atoms with Crippen LogP contribution in [0.4, 0.5) is 0 Å². The fraction of sp³-hybridized carbons (Fsp3) is 0.643. The minimum Gasteiger partial charge on any atom is -0.481 e. The number of aliphatic carboxylic acids is 1. The summed E-state index contributed by atoms with van der Waals surface area (Å²) in [6, 6.07) is 1.80. The molecule has 21 heavy (non-hydrogen) atoms. The van der Waals surface area contributed by atoms with Crippen LogP contribution in [0.1, 0.15) is 24.2 Å². The summed E-state index contributed by atoms with van der Waals surface area (Å²) in [6.45, 7) is 5.08. The Morgan fingerprint density at radius 2 is 2.24 bits per heavy atom. The van der Waals surface area contributed by atoms with Gasteiger partial charge in [-0.3, -0.25) is 14.3 Å². The van der Waals surface area contributed by atoms with Crippen molar-refractivity contribution in [2.75, 3.05) is 18.1 Å². The van der Waals surface area contributed by atoms with Crippen LogP contribution in [0.2, 0.25) is 0 Å². The highest BCUT2D eigenvalue weighted by Gasteiger charge is 2.28. The van der Waals surface area contributed by atoms with Crippen LogP contribution in [0.3, 0.4) is 0 Å². The van der Waals surface area contributed by atoms with Gasteiger partial charge in [-0.05, 0) is 19.9 Å². The quantitative estimate of drug-likeness (QED) is 0.887. The summed E-state index contributed by atoms with van der Waals surface area (Å²) >= 11 is 1.71. The molecule has 1 unspecified atom stereocenters. The second-order valence-electron chi connectivity index (χ2n) is 5.31. The van der Waals surface area contributed by atoms with E-state index < -0.39 is 5.97 Å². The summed E-state index contributed by atoms with van der Waals surface area (Å²) in [5, 5.41) is 13.3. The smallest absolute Gasteiger partial charge is 0.305 e. The molecule has 2 rings (SSSR count). The van der Waals surface area contributed by atoms with Gasteiger partial charge in [-0.15, -0.1) is 0 Å². The Hall–Kier alpha value is -1.50. The molecule has 0 saturated carbocycles. The minimum atomic E-state index is -0.848. The number of rotatable bonds is 5. The highest BCUT2D eigenvalue weighted by Crippen LogP contribution is 2.20. The van der Waals surface area contributed by atoms with Crippen molar-refractivity contribution in [2.24, 2.45) is 0 Å². The van der Waals surface area contributed by atoms with Gasteiger partial charge < -0.3 is 10.0 Å². The van der Waals surface area contributed by atoms with Gasteiger partial charge >= 0.3 is 5.97 Å². The van der Waals surface area contributed by atoms with Gasteiger partial charge in [-0.1, -0.05) is 0 Å². The van der Waals surface area contributed by atoms with Gasteiger partial charge in [-0.25, -0.2) is 0 Å². The molecule has 0 spiro atoms. The van der Waals surface area contributed by atoms with E-state index >= 15 is 0 Å². The van der Waals surface area contributed by atoms with Crippen LogP contribution in [-0.2, 0) is 16.1 Å². The Bertz CT molecular complexity index is 530. The molecule has 116 valence electrons. The number of hydrogen-bond acceptors (Lipinski definition) is 4. The molecule has 1 aromatic rings. The minimum absolute atomic E-state index is 0.0223. The molecule has 0 radical (unpaired) electrons. The van der Waals surface area contributed by atoms with Crippen LogP contribution in [0.5, 0.6) is 0 Å². The van der Waals surface area contributed by atoms with Crippen LogP contribution >= 0.6 is 11.8 Å². The van der Waals surface area contributed by atoms with Crippen molar-refractivity contribution < 1.29 is 14.7 Å². The zero-order valence-electron chi connectivity index (χ0n) is 12.4. The average molecular weight is 311 g/mol. The normalized spacial score (nSPS) is 18.8. The molecule has 0 aromatic carbocycles. The molecule has 0 bridgehead atoms. The Morgan fingerprint density at radius 1 is 1.48 bits per heavy atom. The fourth-order valence-corrected chi connectivity index (χ4v) is 3.66. The van der Waals surface area contributed by atoms with Crippen LogP contribution in [0.25, 0.3) is 0 Å². The molecule has 1 aliphatic heterocycles. The van der Waals surface area contributed by atoms with E-state index in [0.717, 1.165) is 17.1 Å². The van der Waals surface area contributed by atoms with Crippen molar-refractivity contribution in [1.82, 2.24) is 14.7 Å². The summed E-state index contributed by atoms with van der Waals surface area (Å²) in [4.78, 5) is 25.0. The molecule has 1 saturated heterocycles. The summed E-state index contributed by atoms with van der Waals surface area (Å²) in [5.41, 5.74) is 1.98. The van der Waals surface area contributed by atoms with Crippen molar-refractivity contribution in [3.63, 3.8) is 0 Å². The van der Waals surface area contributed by atoms with E-state index in [1.165, 1.54) is 0 Å². The lowest BCUT2D eigenvalue weighted by Crippen LogP contribution is -2.47. The van der Waals surface area contributed by atoms with E-state index in [4.69, 9.17) is 5.11 Å². The number of thioether (sulfide) groups is 1. The first-order valence-electron chi connectivity index (χ1n) is 7.07. The Balaban J connectivity index is 1.94. The zero-order valence-corrected chi connectivity index (χ0v) is 13.2. The number of carboxylic acids is 1. The van der Waals surface area contributed by atoms with Gasteiger partial charge in [0.1, 0.15) is 0 Å². The van der Waals surface area contributed by atoms with E-state index in [1.54, 1.807) is 16.7 Å². The maximum atomic E-state index is 12.4. The van der Waals surface area contributed by atoms with Crippen LogP contribution in [0.15, 0.2) is 6.07 Å². The molecule has 1 fully saturated rings. The molecular formula is C14H21N3O3S. The molecular weight excluding hydrogens is 290 g/mol. The topological polar surface area (TPSA) is 75.4 Å². The zero-order chi connectivity index (χ0) is 15.4. The van der Waals surface area contributed by atoms with Crippen molar-refractivity contribution in [2.45, 2.75) is 39.3 Å². The van der Waals surface area contributed by atoms with Gasteiger partial charge in [0.15, 0.2) is 0 Å². The third-order valence-electron chi connectivity index (χ3n) is 3.60. The molecule has 7 heteroatoms. The highest BCUT2D eigenvalue weighted by molar-refractivity contribution is 7.99. The SMILES string of the molecule is Cc1cc(C)n(CCC(=O)N2CCSCC2CC(=O)O)n1. The van der Waals surface area contributed by atoms with Crippen molar-refractivity contribution in [1.29, 1.82) is 0 Å². The third-order valence-corrected chi connectivity index (χ3v) is 4.69. The predicted octanol–water partition coefficient (Wildman–Crippen LogP) is 1.31. The third kappa shape index (κ3) is 4.23. The number of aromatic nitrogens is 2. The number of hydrogen-bond donors (Lipinski definition) is 1. The first-order valence-corrected chi connectivity index (χ1v) is 8.23. The fourth-order valence-electron chi connectivity index (χ4n) is 2.60. The second kappa shape index (κ2) is 6.98. The van der Waals surface area contributed by atoms with E-state index in [2.05, 4.69) is 5.10 Å². The molecule has 1 N–H and O–H groups in total. The summed E-state index contributed by atoms with van der Waals surface area (Å²) in [7, 11) is 0. The van der Waals surface area contributed by atoms with Crippen molar-refractivity contribution in [3.05, 3.63) is 17.5 Å². The first kappa shape index (κ1) is 15.9. The summed E-state index contributed by atoms with van der Waals surface area (Å²) < 4.78 is 1.83. The van der Waals surface area contributed by atoms with Crippen molar-refractivity contribution in [3.8, 4) is 0 Å². The second-order valence-corrected chi connectivity index (χ2v) is 6.46. The predicted molar refractivity (Wildman–Crippen MR) is 81.4 cm³/mol. The van der Waals surface area contributed by atoms with Gasteiger partial charge in [-0.2, -0.15) is 16.9 Å². The lowest BCUT2D eigenvalue weighted by molar-refractivity contribution is -0.140. The number of nitrogens with zero attached hydrogens (tertiary/aromatic N) is 3. The highest BCUT2D eigenvalue weighted by atomic mass is 32.2. The molecule has 1 aliphatic rings. The maximum absolute atomic E-state index is 12.4. The number of amides is 1. The average Bonchev–Trinajstić information content (AvgIpc) is 2.74. The van der Waals surface area contributed by atoms with Crippen LogP contribution < -0.4 is 0 Å². The molecule has 0 aliphatic carbocycles. The maximum Gasteiger partial charge on any atom is 0.305 e. The largest absolute Gasteiger partial charge is 0.481 e. The summed E-state index contributed by atoms with van der Waals surface area (Å²) in [6.07, 6.45) is 0.390. The van der Waals surface area contributed by atoms with Gasteiger partial charge in [0.25, 0.3) is 0 Å². The van der Waals surface area contributed by atoms with E-state index in [-0.39, 0.29) is 18.4 Å². The number of carbonyl (C=O) groups is 2. The number of carboxylic acid groups (broad SMARTS) is 1. The molecule has 1 aromatic heterocycles. The van der Waals surface area contributed by atoms with Gasteiger partial charge in [0, 0.05) is 36.7 Å². The molecule has 6 nitrogen and oxygen atoms in total. The molecule has 2 heterocycles. The molecule has 1 atom stereocenters. The van der Waals surface area contributed by atoms with E-state index in [0.29, 0.717) is 25.3 Å². The lowest BCUT2D eigenvalue weighted by Gasteiger charge is -2.34. The van der Waals surface area contributed by atoms with Gasteiger partial charge in [0.05, 0.1) is 18.2 Å². The van der Waals surface area contributed by atoms with E-state index in [9.17, 15) is 9.59 Å². The number of carbonyl (C=O) groups excluding carboxylic acids is 1. The monoisotopic (exact) mass is 311 g/mol. The standard InChI is InChI=1S/C14H21N3O3S/c1-10-7-11(2)17(15-10)4-3-13(18)16-5-6-21-9-12(16)8-14(19)20/h7,12H,3-6,8-9H2,1-2H3,(H,19,20). The Morgan fingerprint density at radius 3 is 2.86 bits per heavy atom.